The smallest absolute Gasteiger partial charge is 0.237 e. The average Bonchev–Trinajstić information content (AvgIpc) is 2.10. The van der Waals surface area contributed by atoms with Gasteiger partial charge in [0.2, 0.25) is 5.91 Å². The fraction of sp³-hybridized carbons (Fsp3) is 0.750. The topological polar surface area (TPSA) is 72.2 Å². The molecule has 3 N–H and O–H groups in total. The van der Waals surface area contributed by atoms with Gasteiger partial charge in [0, 0.05) is 0 Å². The average molecular weight is 275 g/mol. The van der Waals surface area contributed by atoms with E-state index in [-0.39, 0.29) is 44.1 Å². The van der Waals surface area contributed by atoms with Gasteiger partial charge in [-0.25, -0.2) is 0 Å². The molecule has 0 aliphatic heterocycles. The van der Waals surface area contributed by atoms with Crippen LogP contribution in [0.2, 0.25) is 0 Å². The molecule has 0 unspecified atom stereocenters. The minimum atomic E-state index is -0.494. The first-order valence-electron chi connectivity index (χ1n) is 4.09. The molecule has 0 aliphatic rings. The lowest BCUT2D eigenvalue weighted by Gasteiger charge is -2.09. The van der Waals surface area contributed by atoms with Crippen LogP contribution in [0, 0.1) is 0 Å². The molecular weight excluding hydrogens is 256 g/mol. The number of thioether (sulfide) groups is 1. The van der Waals surface area contributed by atoms with Crippen LogP contribution in [0.15, 0.2) is 0 Å². The van der Waals surface area contributed by atoms with E-state index in [9.17, 15) is 9.59 Å². The van der Waals surface area contributed by atoms with Crippen LogP contribution in [0.5, 0.6) is 0 Å². The van der Waals surface area contributed by atoms with Crippen molar-refractivity contribution in [2.24, 2.45) is 5.73 Å². The molecule has 7 heteroatoms. The van der Waals surface area contributed by atoms with E-state index in [0.29, 0.717) is 6.42 Å². The molecule has 0 spiro atoms. The number of hydrogen-bond donors (Lipinski definition) is 2. The highest BCUT2D eigenvalue weighted by molar-refractivity contribution is 7.98. The molecule has 0 fully saturated rings. The normalized spacial score (nSPS) is 10.6. The van der Waals surface area contributed by atoms with Gasteiger partial charge in [-0.15, -0.1) is 12.4 Å². The molecule has 0 rings (SSSR count). The second kappa shape index (κ2) is 12.2. The maximum absolute atomic E-state index is 11.2. The summed E-state index contributed by atoms with van der Waals surface area (Å²) in [6.07, 6.45) is 2.60. The number of rotatable bonds is 6. The number of Topliss-reactive ketones (excluding diaryl/α,β-unsaturated/α-hetero) is 1. The number of carbonyl (C=O) groups excluding carboxylic acids is 2. The molecule has 1 atom stereocenters. The van der Waals surface area contributed by atoms with Crippen LogP contribution in [-0.2, 0) is 9.59 Å². The summed E-state index contributed by atoms with van der Waals surface area (Å²) in [6.45, 7) is 1.50. The predicted molar refractivity (Wildman–Crippen MR) is 72.3 cm³/mol. The monoisotopic (exact) mass is 274 g/mol. The van der Waals surface area contributed by atoms with Gasteiger partial charge >= 0.3 is 0 Å². The van der Waals surface area contributed by atoms with Gasteiger partial charge in [0.25, 0.3) is 0 Å². The van der Waals surface area contributed by atoms with E-state index >= 15 is 0 Å². The summed E-state index contributed by atoms with van der Waals surface area (Å²) in [6, 6.07) is -0.494. The highest BCUT2D eigenvalue weighted by Gasteiger charge is 2.12. The molecule has 0 aromatic heterocycles. The van der Waals surface area contributed by atoms with E-state index in [2.05, 4.69) is 5.32 Å². The third-order valence-corrected chi connectivity index (χ3v) is 2.13. The van der Waals surface area contributed by atoms with Crippen LogP contribution < -0.4 is 11.1 Å². The van der Waals surface area contributed by atoms with E-state index in [4.69, 9.17) is 5.73 Å². The minimum absolute atomic E-state index is 0. The Morgan fingerprint density at radius 2 is 2.00 bits per heavy atom. The fourth-order valence-corrected chi connectivity index (χ4v) is 1.21. The standard InChI is InChI=1S/C8H16N2O2S.ClH.H2S/c1-6(11)5-10-8(12)7(9)3-4-13-2;;/h7H,3-5,9H2,1-2H3,(H,10,12);1H;1H2/t7-;;/m0../s1. The fourth-order valence-electron chi connectivity index (χ4n) is 0.719. The van der Waals surface area contributed by atoms with Gasteiger partial charge in [-0.1, -0.05) is 0 Å². The second-order valence-electron chi connectivity index (χ2n) is 2.81. The molecule has 0 aromatic rings. The van der Waals surface area contributed by atoms with Gasteiger partial charge < -0.3 is 11.1 Å². The first kappa shape index (κ1) is 20.5. The number of amides is 1. The quantitative estimate of drug-likeness (QED) is 0.731. The first-order valence-corrected chi connectivity index (χ1v) is 5.49. The summed E-state index contributed by atoms with van der Waals surface area (Å²) in [4.78, 5) is 21.7. The molecule has 0 saturated carbocycles. The van der Waals surface area contributed by atoms with Crippen LogP contribution in [0.4, 0.5) is 0 Å². The maximum Gasteiger partial charge on any atom is 0.237 e. The Morgan fingerprint density at radius 3 is 2.40 bits per heavy atom. The zero-order valence-electron chi connectivity index (χ0n) is 8.91. The van der Waals surface area contributed by atoms with Crippen LogP contribution >= 0.6 is 37.7 Å². The molecule has 0 radical (unpaired) electrons. The number of nitrogens with two attached hydrogens (primary N) is 1. The maximum atomic E-state index is 11.2. The van der Waals surface area contributed by atoms with E-state index in [1.807, 2.05) is 6.26 Å². The minimum Gasteiger partial charge on any atom is -0.348 e. The van der Waals surface area contributed by atoms with Crippen LogP contribution in [-0.4, -0.2) is 36.3 Å². The van der Waals surface area contributed by atoms with E-state index in [1.165, 1.54) is 6.92 Å². The number of nitrogens with one attached hydrogen (secondary N) is 1. The number of ketones is 1. The first-order chi connectivity index (χ1) is 6.07. The summed E-state index contributed by atoms with van der Waals surface area (Å²) >= 11 is 1.64. The Kier molecular flexibility index (Phi) is 16.6. The van der Waals surface area contributed by atoms with Gasteiger partial charge in [-0.2, -0.15) is 25.3 Å². The van der Waals surface area contributed by atoms with E-state index in [0.717, 1.165) is 5.75 Å². The van der Waals surface area contributed by atoms with Gasteiger partial charge in [0.1, 0.15) is 5.78 Å². The van der Waals surface area contributed by atoms with E-state index in [1.54, 1.807) is 11.8 Å². The Balaban J connectivity index is -0.000000720. The molecular formula is C8H19ClN2O2S2. The molecule has 0 saturated heterocycles. The Morgan fingerprint density at radius 1 is 1.47 bits per heavy atom. The molecule has 0 aliphatic carbocycles. The molecule has 4 nitrogen and oxygen atoms in total. The molecule has 0 heterocycles. The van der Waals surface area contributed by atoms with Crippen molar-refractivity contribution in [2.75, 3.05) is 18.6 Å². The molecule has 92 valence electrons. The Labute approximate surface area is 108 Å². The van der Waals surface area contributed by atoms with E-state index < -0.39 is 6.04 Å². The van der Waals surface area contributed by atoms with Crippen molar-refractivity contribution in [3.63, 3.8) is 0 Å². The summed E-state index contributed by atoms with van der Waals surface area (Å²) in [5, 5.41) is 2.47. The van der Waals surface area contributed by atoms with Gasteiger partial charge in [-0.3, -0.25) is 9.59 Å². The van der Waals surface area contributed by atoms with Crippen LogP contribution in [0.25, 0.3) is 0 Å². The molecule has 0 bridgehead atoms. The lowest BCUT2D eigenvalue weighted by molar-refractivity contribution is -0.125. The largest absolute Gasteiger partial charge is 0.348 e. The van der Waals surface area contributed by atoms with Crippen molar-refractivity contribution < 1.29 is 9.59 Å². The molecule has 15 heavy (non-hydrogen) atoms. The SMILES string of the molecule is CSCC[C@H](N)C(=O)NCC(C)=O.Cl.S. The Bertz CT molecular complexity index is 193. The molecule has 0 aromatic carbocycles. The molecule has 1 amide bonds. The number of halogens is 1. The highest BCUT2D eigenvalue weighted by atomic mass is 35.5. The van der Waals surface area contributed by atoms with Crippen molar-refractivity contribution in [3.8, 4) is 0 Å². The lowest BCUT2D eigenvalue weighted by Crippen LogP contribution is -2.42. The van der Waals surface area contributed by atoms with Crippen molar-refractivity contribution in [1.82, 2.24) is 5.32 Å². The van der Waals surface area contributed by atoms with Gasteiger partial charge in [0.15, 0.2) is 0 Å². The zero-order valence-corrected chi connectivity index (χ0v) is 11.5. The third kappa shape index (κ3) is 12.0. The predicted octanol–water partition coefficient (Wildman–Crippen LogP) is 0.307. The van der Waals surface area contributed by atoms with Crippen molar-refractivity contribution in [2.45, 2.75) is 19.4 Å². The zero-order chi connectivity index (χ0) is 10.3. The van der Waals surface area contributed by atoms with Crippen molar-refractivity contribution in [3.05, 3.63) is 0 Å². The van der Waals surface area contributed by atoms with Crippen LogP contribution in [0.3, 0.4) is 0 Å². The van der Waals surface area contributed by atoms with Gasteiger partial charge in [0.05, 0.1) is 12.6 Å². The highest BCUT2D eigenvalue weighted by Crippen LogP contribution is 1.98. The lowest BCUT2D eigenvalue weighted by atomic mass is 10.2. The Hall–Kier alpha value is 0.0900. The third-order valence-electron chi connectivity index (χ3n) is 1.48. The summed E-state index contributed by atoms with van der Waals surface area (Å²) in [7, 11) is 0. The number of hydrogen-bond acceptors (Lipinski definition) is 4. The van der Waals surface area contributed by atoms with Crippen molar-refractivity contribution >= 4 is 49.4 Å². The van der Waals surface area contributed by atoms with Crippen molar-refractivity contribution in [1.29, 1.82) is 0 Å². The summed E-state index contributed by atoms with van der Waals surface area (Å²) < 4.78 is 0. The summed E-state index contributed by atoms with van der Waals surface area (Å²) in [5.41, 5.74) is 5.55. The van der Waals surface area contributed by atoms with Gasteiger partial charge in [-0.05, 0) is 25.4 Å². The van der Waals surface area contributed by atoms with Crippen LogP contribution in [0.1, 0.15) is 13.3 Å². The summed E-state index contributed by atoms with van der Waals surface area (Å²) in [5.74, 6) is 0.545. The number of carbonyl (C=O) groups is 2. The second-order valence-corrected chi connectivity index (χ2v) is 3.79.